The van der Waals surface area contributed by atoms with Gasteiger partial charge in [-0.15, -0.1) is 0 Å². The number of hydrogen-bond donors (Lipinski definition) is 1. The van der Waals surface area contributed by atoms with Crippen molar-refractivity contribution in [2.45, 2.75) is 13.3 Å². The Bertz CT molecular complexity index is 1160. The molecule has 8 nitrogen and oxygen atoms in total. The molecule has 8 heteroatoms. The number of rotatable bonds is 15. The first-order valence-corrected chi connectivity index (χ1v) is 12.2. The van der Waals surface area contributed by atoms with Crippen LogP contribution in [-0.2, 0) is 25.4 Å². The fourth-order valence-electron chi connectivity index (χ4n) is 3.35. The number of amides is 1. The Morgan fingerprint density at radius 2 is 1.59 bits per heavy atom. The Morgan fingerprint density at radius 1 is 0.838 bits per heavy atom. The maximum atomic E-state index is 12.1. The van der Waals surface area contributed by atoms with Crippen LogP contribution in [0, 0.1) is 0 Å². The van der Waals surface area contributed by atoms with Crippen LogP contribution in [-0.4, -0.2) is 58.2 Å². The topological polar surface area (TPSA) is 92.3 Å². The van der Waals surface area contributed by atoms with Gasteiger partial charge >= 0.3 is 12.1 Å². The van der Waals surface area contributed by atoms with Gasteiger partial charge in [0, 0.05) is 23.9 Å². The van der Waals surface area contributed by atoms with Crippen molar-refractivity contribution >= 4 is 22.8 Å². The molecule has 0 saturated carbocycles. The fraction of sp³-hybridized carbons (Fsp3) is 0.310. The molecule has 3 rings (SSSR count). The quantitative estimate of drug-likeness (QED) is 0.181. The van der Waals surface area contributed by atoms with Gasteiger partial charge in [0.1, 0.15) is 18.1 Å². The van der Waals surface area contributed by atoms with Crippen molar-refractivity contribution < 1.29 is 33.3 Å². The molecule has 0 heterocycles. The first-order chi connectivity index (χ1) is 18.0. The van der Waals surface area contributed by atoms with Gasteiger partial charge < -0.3 is 29.0 Å². The summed E-state index contributed by atoms with van der Waals surface area (Å²) < 4.78 is 27.0. The summed E-state index contributed by atoms with van der Waals surface area (Å²) >= 11 is 0. The predicted molar refractivity (Wildman–Crippen MR) is 141 cm³/mol. The normalized spacial score (nSPS) is 10.6. The summed E-state index contributed by atoms with van der Waals surface area (Å²) in [4.78, 5) is 23.3. The number of fused-ring (bicyclic) bond motifs is 1. The zero-order valence-electron chi connectivity index (χ0n) is 21.1. The third-order valence-electron chi connectivity index (χ3n) is 5.21. The third-order valence-corrected chi connectivity index (χ3v) is 5.21. The molecular formula is C29H33NO7. The summed E-state index contributed by atoms with van der Waals surface area (Å²) in [6, 6.07) is 21.4. The predicted octanol–water partition coefficient (Wildman–Crippen LogP) is 4.70. The molecule has 196 valence electrons. The Morgan fingerprint density at radius 3 is 2.38 bits per heavy atom. The molecule has 1 N–H and O–H groups in total. The molecule has 37 heavy (non-hydrogen) atoms. The number of carbonyl (C=O) groups excluding carboxylic acids is 2. The minimum Gasteiger partial charge on any atom is -0.493 e. The molecule has 0 aliphatic heterocycles. The number of ether oxygens (including phenoxy) is 5. The van der Waals surface area contributed by atoms with Crippen molar-refractivity contribution in [3.63, 3.8) is 0 Å². The van der Waals surface area contributed by atoms with Gasteiger partial charge in [-0.1, -0.05) is 49.0 Å². The maximum Gasteiger partial charge on any atom is 0.412 e. The summed E-state index contributed by atoms with van der Waals surface area (Å²) in [5, 5.41) is 4.52. The van der Waals surface area contributed by atoms with Crippen molar-refractivity contribution in [2.75, 3.05) is 46.2 Å². The smallest absolute Gasteiger partial charge is 0.412 e. The van der Waals surface area contributed by atoms with E-state index in [-0.39, 0.29) is 13.2 Å². The molecule has 3 aromatic carbocycles. The van der Waals surface area contributed by atoms with Gasteiger partial charge in [-0.25, -0.2) is 9.59 Å². The molecule has 0 fully saturated rings. The SMILES string of the molecule is C=C(C)C(=O)OCCOCCOCCNC(=O)Oc1ccc2c(OCCc3ccccc3)cccc2c1. The summed E-state index contributed by atoms with van der Waals surface area (Å²) in [6.45, 7) is 7.41. The van der Waals surface area contributed by atoms with Crippen LogP contribution in [0.2, 0.25) is 0 Å². The van der Waals surface area contributed by atoms with E-state index in [1.165, 1.54) is 5.56 Å². The van der Waals surface area contributed by atoms with E-state index in [1.54, 1.807) is 19.1 Å². The zero-order chi connectivity index (χ0) is 26.3. The zero-order valence-corrected chi connectivity index (χ0v) is 21.1. The second-order valence-electron chi connectivity index (χ2n) is 8.18. The van der Waals surface area contributed by atoms with E-state index in [0.29, 0.717) is 44.3 Å². The summed E-state index contributed by atoms with van der Waals surface area (Å²) in [5.41, 5.74) is 1.57. The van der Waals surface area contributed by atoms with Crippen molar-refractivity contribution in [3.8, 4) is 11.5 Å². The summed E-state index contributed by atoms with van der Waals surface area (Å²) in [7, 11) is 0. The van der Waals surface area contributed by atoms with Crippen molar-refractivity contribution in [1.82, 2.24) is 5.32 Å². The molecule has 0 spiro atoms. The highest BCUT2D eigenvalue weighted by Gasteiger charge is 2.08. The van der Waals surface area contributed by atoms with E-state index in [4.69, 9.17) is 23.7 Å². The van der Waals surface area contributed by atoms with E-state index in [0.717, 1.165) is 22.9 Å². The maximum absolute atomic E-state index is 12.1. The molecule has 0 aliphatic carbocycles. The first-order valence-electron chi connectivity index (χ1n) is 12.2. The van der Waals surface area contributed by atoms with Crippen molar-refractivity contribution in [1.29, 1.82) is 0 Å². The van der Waals surface area contributed by atoms with Gasteiger partial charge in [0.05, 0.1) is 33.0 Å². The van der Waals surface area contributed by atoms with Gasteiger partial charge in [0.2, 0.25) is 0 Å². The number of hydrogen-bond acceptors (Lipinski definition) is 7. The summed E-state index contributed by atoms with van der Waals surface area (Å²) in [6.07, 6.45) is 0.260. The molecular weight excluding hydrogens is 474 g/mol. The molecule has 0 unspecified atom stereocenters. The minimum absolute atomic E-state index is 0.163. The van der Waals surface area contributed by atoms with E-state index < -0.39 is 12.1 Å². The van der Waals surface area contributed by atoms with Crippen molar-refractivity contribution in [3.05, 3.63) is 84.4 Å². The van der Waals surface area contributed by atoms with Gasteiger partial charge in [-0.05, 0) is 42.1 Å². The van der Waals surface area contributed by atoms with Crippen LogP contribution < -0.4 is 14.8 Å². The second-order valence-corrected chi connectivity index (χ2v) is 8.18. The Kier molecular flexibility index (Phi) is 11.4. The van der Waals surface area contributed by atoms with Gasteiger partial charge in [0.25, 0.3) is 0 Å². The van der Waals surface area contributed by atoms with Crippen LogP contribution in [0.5, 0.6) is 11.5 Å². The largest absolute Gasteiger partial charge is 0.493 e. The highest BCUT2D eigenvalue weighted by Crippen LogP contribution is 2.29. The van der Waals surface area contributed by atoms with Crippen LogP contribution in [0.3, 0.4) is 0 Å². The van der Waals surface area contributed by atoms with Crippen LogP contribution in [0.1, 0.15) is 12.5 Å². The second kappa shape index (κ2) is 15.3. The number of esters is 1. The molecule has 0 atom stereocenters. The summed E-state index contributed by atoms with van der Waals surface area (Å²) in [5.74, 6) is 0.793. The lowest BCUT2D eigenvalue weighted by atomic mass is 10.1. The van der Waals surface area contributed by atoms with Crippen molar-refractivity contribution in [2.24, 2.45) is 0 Å². The molecule has 0 saturated heterocycles. The number of benzene rings is 3. The lowest BCUT2D eigenvalue weighted by molar-refractivity contribution is -0.140. The molecule has 1 amide bonds. The Labute approximate surface area is 217 Å². The molecule has 0 bridgehead atoms. The minimum atomic E-state index is -0.561. The average molecular weight is 508 g/mol. The number of carbonyl (C=O) groups is 2. The third kappa shape index (κ3) is 9.95. The van der Waals surface area contributed by atoms with Crippen LogP contribution in [0.4, 0.5) is 4.79 Å². The van der Waals surface area contributed by atoms with Gasteiger partial charge in [-0.3, -0.25) is 0 Å². The highest BCUT2D eigenvalue weighted by atomic mass is 16.6. The molecule has 0 aromatic heterocycles. The number of nitrogens with one attached hydrogen (secondary N) is 1. The Hall–Kier alpha value is -3.88. The van der Waals surface area contributed by atoms with Gasteiger partial charge in [-0.2, -0.15) is 0 Å². The van der Waals surface area contributed by atoms with Crippen LogP contribution in [0.15, 0.2) is 78.9 Å². The average Bonchev–Trinajstić information content (AvgIpc) is 2.90. The molecule has 0 radical (unpaired) electrons. The molecule has 3 aromatic rings. The highest BCUT2D eigenvalue weighted by molar-refractivity contribution is 5.90. The standard InChI is InChI=1S/C29H33NO7/c1-22(2)28(31)36-20-19-34-18-17-33-16-14-30-29(32)37-25-11-12-26-24(21-25)9-6-10-27(26)35-15-13-23-7-4-3-5-8-23/h3-12,21H,1,13-20H2,2H3,(H,30,32). The van der Waals surface area contributed by atoms with E-state index in [2.05, 4.69) is 24.0 Å². The molecule has 0 aliphatic rings. The lowest BCUT2D eigenvalue weighted by Crippen LogP contribution is -2.30. The monoisotopic (exact) mass is 507 g/mol. The fourth-order valence-corrected chi connectivity index (χ4v) is 3.35. The van der Waals surface area contributed by atoms with E-state index in [9.17, 15) is 9.59 Å². The first kappa shape index (κ1) is 27.7. The van der Waals surface area contributed by atoms with E-state index >= 15 is 0 Å². The van der Waals surface area contributed by atoms with Crippen LogP contribution >= 0.6 is 0 Å². The van der Waals surface area contributed by atoms with Crippen LogP contribution in [0.25, 0.3) is 10.8 Å². The van der Waals surface area contributed by atoms with Gasteiger partial charge in [0.15, 0.2) is 0 Å². The van der Waals surface area contributed by atoms with E-state index in [1.807, 2.05) is 42.5 Å². The Balaban J connectivity index is 1.31. The lowest BCUT2D eigenvalue weighted by Gasteiger charge is -2.11.